The molecule has 3 aliphatic rings. The maximum absolute atomic E-state index is 12.7. The summed E-state index contributed by atoms with van der Waals surface area (Å²) in [7, 11) is 1.75. The topological polar surface area (TPSA) is 38.8 Å². The van der Waals surface area contributed by atoms with Crippen molar-refractivity contribution in [2.45, 2.75) is 43.9 Å². The van der Waals surface area contributed by atoms with Crippen LogP contribution in [0.15, 0.2) is 0 Å². The highest BCUT2D eigenvalue weighted by atomic mass is 32.2. The van der Waals surface area contributed by atoms with Gasteiger partial charge in [-0.2, -0.15) is 11.8 Å². The maximum Gasteiger partial charge on any atom is 0.226 e. The van der Waals surface area contributed by atoms with Crippen LogP contribution in [0.5, 0.6) is 0 Å². The molecule has 5 heteroatoms. The SMILES string of the molecule is CO[C@@H]1CCN(C(=O)C2CCSCC2)[C@@H]2CCO[C@H]21. The highest BCUT2D eigenvalue weighted by Gasteiger charge is 2.45. The van der Waals surface area contributed by atoms with Crippen molar-refractivity contribution in [2.24, 2.45) is 5.92 Å². The Hall–Kier alpha value is -0.260. The molecule has 3 atom stereocenters. The van der Waals surface area contributed by atoms with Crippen LogP contribution >= 0.6 is 11.8 Å². The lowest BCUT2D eigenvalue weighted by atomic mass is 9.92. The summed E-state index contributed by atoms with van der Waals surface area (Å²) in [5, 5.41) is 0. The number of nitrogens with zero attached hydrogens (tertiary/aromatic N) is 1. The van der Waals surface area contributed by atoms with Crippen LogP contribution in [-0.4, -0.2) is 60.8 Å². The Balaban J connectivity index is 1.68. The zero-order chi connectivity index (χ0) is 13.2. The summed E-state index contributed by atoms with van der Waals surface area (Å²) < 4.78 is 11.3. The Labute approximate surface area is 119 Å². The molecule has 0 radical (unpaired) electrons. The van der Waals surface area contributed by atoms with Gasteiger partial charge >= 0.3 is 0 Å². The predicted molar refractivity (Wildman–Crippen MR) is 75.3 cm³/mol. The van der Waals surface area contributed by atoms with Gasteiger partial charge < -0.3 is 14.4 Å². The van der Waals surface area contributed by atoms with Crippen LogP contribution in [0.4, 0.5) is 0 Å². The number of thioether (sulfide) groups is 1. The van der Waals surface area contributed by atoms with Crippen molar-refractivity contribution >= 4 is 17.7 Å². The van der Waals surface area contributed by atoms with Crippen LogP contribution in [0.3, 0.4) is 0 Å². The third-order valence-corrected chi connectivity index (χ3v) is 5.73. The lowest BCUT2D eigenvalue weighted by Crippen LogP contribution is -2.56. The Morgan fingerprint density at radius 2 is 2.05 bits per heavy atom. The molecule has 3 aliphatic heterocycles. The van der Waals surface area contributed by atoms with E-state index < -0.39 is 0 Å². The Morgan fingerprint density at radius 1 is 1.26 bits per heavy atom. The van der Waals surface area contributed by atoms with Crippen LogP contribution in [-0.2, 0) is 14.3 Å². The molecule has 0 aromatic carbocycles. The zero-order valence-corrected chi connectivity index (χ0v) is 12.4. The highest BCUT2D eigenvalue weighted by molar-refractivity contribution is 7.99. The van der Waals surface area contributed by atoms with Crippen LogP contribution in [0.1, 0.15) is 25.7 Å². The van der Waals surface area contributed by atoms with Crippen molar-refractivity contribution in [3.63, 3.8) is 0 Å². The quantitative estimate of drug-likeness (QED) is 0.771. The fraction of sp³-hybridized carbons (Fsp3) is 0.929. The number of carbonyl (C=O) groups excluding carboxylic acids is 1. The first-order valence-corrected chi connectivity index (χ1v) is 8.49. The molecule has 4 nitrogen and oxygen atoms in total. The average molecular weight is 285 g/mol. The summed E-state index contributed by atoms with van der Waals surface area (Å²) in [6.07, 6.45) is 4.24. The Bertz CT molecular complexity index is 333. The monoisotopic (exact) mass is 285 g/mol. The number of piperidine rings is 1. The fourth-order valence-corrected chi connectivity index (χ4v) is 4.70. The number of rotatable bonds is 2. The van der Waals surface area contributed by atoms with Crippen LogP contribution in [0.25, 0.3) is 0 Å². The van der Waals surface area contributed by atoms with Gasteiger partial charge in [-0.1, -0.05) is 0 Å². The largest absolute Gasteiger partial charge is 0.379 e. The summed E-state index contributed by atoms with van der Waals surface area (Å²) >= 11 is 1.97. The van der Waals surface area contributed by atoms with Crippen molar-refractivity contribution in [1.82, 2.24) is 4.90 Å². The Kier molecular flexibility index (Phi) is 4.34. The van der Waals surface area contributed by atoms with Gasteiger partial charge in [0.15, 0.2) is 0 Å². The van der Waals surface area contributed by atoms with Gasteiger partial charge in [0.2, 0.25) is 5.91 Å². The van der Waals surface area contributed by atoms with Gasteiger partial charge in [-0.15, -0.1) is 0 Å². The fourth-order valence-electron chi connectivity index (χ4n) is 3.59. The average Bonchev–Trinajstić information content (AvgIpc) is 2.96. The maximum atomic E-state index is 12.7. The third-order valence-electron chi connectivity index (χ3n) is 4.68. The van der Waals surface area contributed by atoms with Crippen molar-refractivity contribution in [3.8, 4) is 0 Å². The van der Waals surface area contributed by atoms with Gasteiger partial charge in [0.25, 0.3) is 0 Å². The number of ether oxygens (including phenoxy) is 2. The van der Waals surface area contributed by atoms with Crippen molar-refractivity contribution < 1.29 is 14.3 Å². The molecule has 0 saturated carbocycles. The van der Waals surface area contributed by atoms with E-state index in [0.717, 1.165) is 50.3 Å². The van der Waals surface area contributed by atoms with Gasteiger partial charge in [-0.25, -0.2) is 0 Å². The minimum absolute atomic E-state index is 0.0978. The van der Waals surface area contributed by atoms with E-state index in [-0.39, 0.29) is 24.2 Å². The number of hydrogen-bond acceptors (Lipinski definition) is 4. The first-order chi connectivity index (χ1) is 9.31. The molecule has 3 rings (SSSR count). The number of methoxy groups -OCH3 is 1. The summed E-state index contributed by atoms with van der Waals surface area (Å²) in [6, 6.07) is 0.251. The molecule has 3 fully saturated rings. The van der Waals surface area contributed by atoms with E-state index in [0.29, 0.717) is 5.91 Å². The molecular weight excluding hydrogens is 262 g/mol. The lowest BCUT2D eigenvalue weighted by Gasteiger charge is -2.42. The van der Waals surface area contributed by atoms with Crippen LogP contribution < -0.4 is 0 Å². The highest BCUT2D eigenvalue weighted by Crippen LogP contribution is 2.33. The summed E-state index contributed by atoms with van der Waals surface area (Å²) in [5.41, 5.74) is 0. The molecule has 0 bridgehead atoms. The van der Waals surface area contributed by atoms with Crippen molar-refractivity contribution in [2.75, 3.05) is 31.8 Å². The molecule has 0 aromatic heterocycles. The van der Waals surface area contributed by atoms with Gasteiger partial charge in [0.05, 0.1) is 12.1 Å². The van der Waals surface area contributed by atoms with E-state index in [4.69, 9.17) is 9.47 Å². The summed E-state index contributed by atoms with van der Waals surface area (Å²) in [5.74, 6) is 2.89. The van der Waals surface area contributed by atoms with Crippen LogP contribution in [0, 0.1) is 5.92 Å². The predicted octanol–water partition coefficient (Wildman–Crippen LogP) is 1.53. The molecule has 3 heterocycles. The van der Waals surface area contributed by atoms with E-state index in [1.165, 1.54) is 0 Å². The van der Waals surface area contributed by atoms with Gasteiger partial charge in [-0.05, 0) is 37.2 Å². The van der Waals surface area contributed by atoms with E-state index in [9.17, 15) is 4.79 Å². The summed E-state index contributed by atoms with van der Waals surface area (Å²) in [4.78, 5) is 14.8. The number of amides is 1. The standard InChI is InChI=1S/C14H23NO3S/c1-17-12-2-6-15(11-3-7-18-13(11)12)14(16)10-4-8-19-9-5-10/h10-13H,2-9H2,1H3/t11-,12-,13-/m1/s1. The number of hydrogen-bond donors (Lipinski definition) is 0. The van der Waals surface area contributed by atoms with E-state index >= 15 is 0 Å². The van der Waals surface area contributed by atoms with E-state index in [2.05, 4.69) is 4.90 Å². The zero-order valence-electron chi connectivity index (χ0n) is 11.5. The second-order valence-electron chi connectivity index (χ2n) is 5.67. The molecule has 0 spiro atoms. The Morgan fingerprint density at radius 3 is 2.79 bits per heavy atom. The molecule has 108 valence electrons. The van der Waals surface area contributed by atoms with Gasteiger partial charge in [0.1, 0.15) is 6.10 Å². The minimum Gasteiger partial charge on any atom is -0.379 e. The molecule has 0 unspecified atom stereocenters. The second-order valence-corrected chi connectivity index (χ2v) is 6.90. The molecule has 0 aliphatic carbocycles. The van der Waals surface area contributed by atoms with Crippen molar-refractivity contribution in [3.05, 3.63) is 0 Å². The van der Waals surface area contributed by atoms with E-state index in [1.807, 2.05) is 11.8 Å². The number of fused-ring (bicyclic) bond motifs is 1. The third kappa shape index (κ3) is 2.65. The van der Waals surface area contributed by atoms with Crippen LogP contribution in [0.2, 0.25) is 0 Å². The second kappa shape index (κ2) is 6.02. The van der Waals surface area contributed by atoms with Gasteiger partial charge in [0, 0.05) is 26.2 Å². The summed E-state index contributed by atoms with van der Waals surface area (Å²) in [6.45, 7) is 1.60. The molecule has 3 saturated heterocycles. The first kappa shape index (κ1) is 13.7. The van der Waals surface area contributed by atoms with Gasteiger partial charge in [-0.3, -0.25) is 4.79 Å². The molecule has 1 amide bonds. The molecule has 0 N–H and O–H groups in total. The first-order valence-electron chi connectivity index (χ1n) is 7.34. The number of likely N-dealkylation sites (tertiary alicyclic amines) is 1. The molecule has 19 heavy (non-hydrogen) atoms. The smallest absolute Gasteiger partial charge is 0.226 e. The van der Waals surface area contributed by atoms with E-state index in [1.54, 1.807) is 7.11 Å². The molecule has 0 aromatic rings. The molecular formula is C14H23NO3S. The normalized spacial score (nSPS) is 36.3. The number of carbonyl (C=O) groups is 1. The van der Waals surface area contributed by atoms with Crippen molar-refractivity contribution in [1.29, 1.82) is 0 Å². The minimum atomic E-state index is 0.0978. The lowest BCUT2D eigenvalue weighted by molar-refractivity contribution is -0.147.